The highest BCUT2D eigenvalue weighted by atomic mass is 35.5. The van der Waals surface area contributed by atoms with E-state index in [0.717, 1.165) is 5.56 Å². The zero-order chi connectivity index (χ0) is 14.7. The molecule has 2 aromatic rings. The molecule has 104 valence electrons. The third kappa shape index (κ3) is 3.66. The van der Waals surface area contributed by atoms with Crippen LogP contribution in [0.1, 0.15) is 22.8 Å². The number of ether oxygens (including phenoxy) is 1. The van der Waals surface area contributed by atoms with Gasteiger partial charge in [-0.3, -0.25) is 4.79 Å². The van der Waals surface area contributed by atoms with E-state index in [1.54, 1.807) is 36.4 Å². The molecule has 0 aliphatic rings. The zero-order valence-corrected chi connectivity index (χ0v) is 12.9. The predicted molar refractivity (Wildman–Crippen MR) is 82.3 cm³/mol. The summed E-state index contributed by atoms with van der Waals surface area (Å²) in [5, 5.41) is 1.63. The molecule has 0 unspecified atom stereocenters. The molecule has 0 saturated heterocycles. The summed E-state index contributed by atoms with van der Waals surface area (Å²) < 4.78 is 5.65. The third-order valence-corrected chi connectivity index (χ3v) is 3.55. The smallest absolute Gasteiger partial charge is 0.163 e. The molecule has 0 N–H and O–H groups in total. The normalized spacial score (nSPS) is 10.4. The van der Waals surface area contributed by atoms with Crippen molar-refractivity contribution >= 4 is 40.6 Å². The number of rotatable bonds is 4. The predicted octanol–water partition coefficient (Wildman–Crippen LogP) is 5.43. The van der Waals surface area contributed by atoms with E-state index in [1.165, 1.54) is 6.92 Å². The van der Waals surface area contributed by atoms with Crippen LogP contribution in [0.25, 0.3) is 0 Å². The first-order valence-electron chi connectivity index (χ1n) is 5.84. The molecule has 0 atom stereocenters. The minimum absolute atomic E-state index is 0.111. The van der Waals surface area contributed by atoms with Crippen LogP contribution < -0.4 is 4.74 Å². The Labute approximate surface area is 132 Å². The van der Waals surface area contributed by atoms with Crippen LogP contribution in [0.5, 0.6) is 5.75 Å². The maximum Gasteiger partial charge on any atom is 0.163 e. The van der Waals surface area contributed by atoms with Gasteiger partial charge in [0.15, 0.2) is 5.78 Å². The highest BCUT2D eigenvalue weighted by Gasteiger charge is 2.10. The van der Waals surface area contributed by atoms with E-state index >= 15 is 0 Å². The largest absolute Gasteiger partial charge is 0.488 e. The van der Waals surface area contributed by atoms with E-state index in [2.05, 4.69) is 0 Å². The Balaban J connectivity index is 2.23. The van der Waals surface area contributed by atoms with Gasteiger partial charge in [0.2, 0.25) is 0 Å². The second-order valence-electron chi connectivity index (χ2n) is 4.22. The Kier molecular flexibility index (Phi) is 4.92. The Bertz CT molecular complexity index is 654. The van der Waals surface area contributed by atoms with Crippen LogP contribution in [0.2, 0.25) is 15.1 Å². The molecule has 0 radical (unpaired) electrons. The minimum atomic E-state index is -0.111. The molecule has 0 aromatic heterocycles. The number of benzene rings is 2. The SMILES string of the molecule is CC(=O)c1cc(Cl)ccc1OCc1cc(Cl)ccc1Cl. The third-order valence-electron chi connectivity index (χ3n) is 2.71. The summed E-state index contributed by atoms with van der Waals surface area (Å²) in [5.74, 6) is 0.359. The van der Waals surface area contributed by atoms with Gasteiger partial charge >= 0.3 is 0 Å². The van der Waals surface area contributed by atoms with Crippen molar-refractivity contribution in [1.29, 1.82) is 0 Å². The fourth-order valence-corrected chi connectivity index (χ4v) is 2.25. The highest BCUT2D eigenvalue weighted by Crippen LogP contribution is 2.26. The van der Waals surface area contributed by atoms with E-state index < -0.39 is 0 Å². The summed E-state index contributed by atoms with van der Waals surface area (Å²) in [4.78, 5) is 11.6. The first kappa shape index (κ1) is 15.2. The molecule has 0 aliphatic heterocycles. The molecule has 20 heavy (non-hydrogen) atoms. The quantitative estimate of drug-likeness (QED) is 0.699. The maximum atomic E-state index is 11.6. The number of carbonyl (C=O) groups is 1. The van der Waals surface area contributed by atoms with Crippen LogP contribution in [-0.2, 0) is 6.61 Å². The van der Waals surface area contributed by atoms with Gasteiger partial charge in [-0.05, 0) is 43.3 Å². The number of hydrogen-bond donors (Lipinski definition) is 0. The van der Waals surface area contributed by atoms with Crippen LogP contribution in [0.3, 0.4) is 0 Å². The van der Waals surface area contributed by atoms with Gasteiger partial charge in [0.1, 0.15) is 12.4 Å². The highest BCUT2D eigenvalue weighted by molar-refractivity contribution is 6.33. The van der Waals surface area contributed by atoms with Gasteiger partial charge in [0.05, 0.1) is 5.56 Å². The van der Waals surface area contributed by atoms with Crippen LogP contribution >= 0.6 is 34.8 Å². The van der Waals surface area contributed by atoms with Crippen molar-refractivity contribution in [2.75, 3.05) is 0 Å². The molecule has 0 amide bonds. The maximum absolute atomic E-state index is 11.6. The molecule has 5 heteroatoms. The lowest BCUT2D eigenvalue weighted by atomic mass is 10.1. The van der Waals surface area contributed by atoms with Crippen molar-refractivity contribution in [2.24, 2.45) is 0 Å². The van der Waals surface area contributed by atoms with Gasteiger partial charge in [-0.25, -0.2) is 0 Å². The molecule has 2 aromatic carbocycles. The van der Waals surface area contributed by atoms with E-state index in [-0.39, 0.29) is 12.4 Å². The molecule has 0 fully saturated rings. The topological polar surface area (TPSA) is 26.3 Å². The lowest BCUT2D eigenvalue weighted by Crippen LogP contribution is -2.02. The second-order valence-corrected chi connectivity index (χ2v) is 5.50. The second kappa shape index (κ2) is 6.49. The summed E-state index contributed by atoms with van der Waals surface area (Å²) in [5.41, 5.74) is 1.19. The summed E-state index contributed by atoms with van der Waals surface area (Å²) >= 11 is 17.9. The van der Waals surface area contributed by atoms with Crippen molar-refractivity contribution in [3.05, 3.63) is 62.6 Å². The van der Waals surface area contributed by atoms with Crippen molar-refractivity contribution < 1.29 is 9.53 Å². The van der Waals surface area contributed by atoms with Crippen LogP contribution in [0.15, 0.2) is 36.4 Å². The standard InChI is InChI=1S/C15H11Cl3O2/c1-9(19)13-7-12(17)3-5-15(13)20-8-10-6-11(16)2-4-14(10)18/h2-7H,8H2,1H3. The molecular formula is C15H11Cl3O2. The molecule has 2 rings (SSSR count). The van der Waals surface area contributed by atoms with Gasteiger partial charge in [0.25, 0.3) is 0 Å². The van der Waals surface area contributed by atoms with E-state index in [4.69, 9.17) is 39.5 Å². The molecule has 2 nitrogen and oxygen atoms in total. The van der Waals surface area contributed by atoms with Gasteiger partial charge in [-0.1, -0.05) is 34.8 Å². The number of halogens is 3. The lowest BCUT2D eigenvalue weighted by molar-refractivity contribution is 0.101. The molecule has 0 saturated carbocycles. The Morgan fingerprint density at radius 3 is 2.40 bits per heavy atom. The minimum Gasteiger partial charge on any atom is -0.488 e. The summed E-state index contributed by atoms with van der Waals surface area (Å²) in [6.45, 7) is 1.69. The monoisotopic (exact) mass is 328 g/mol. The first-order valence-corrected chi connectivity index (χ1v) is 6.98. The Morgan fingerprint density at radius 2 is 1.70 bits per heavy atom. The fraction of sp³-hybridized carbons (Fsp3) is 0.133. The molecule has 0 spiro atoms. The molecule has 0 aliphatic carbocycles. The van der Waals surface area contributed by atoms with E-state index in [9.17, 15) is 4.79 Å². The van der Waals surface area contributed by atoms with Gasteiger partial charge in [-0.2, -0.15) is 0 Å². The average molecular weight is 330 g/mol. The molecule has 0 heterocycles. The first-order chi connectivity index (χ1) is 9.47. The van der Waals surface area contributed by atoms with Crippen LogP contribution in [-0.4, -0.2) is 5.78 Å². The van der Waals surface area contributed by atoms with Crippen molar-refractivity contribution in [3.8, 4) is 5.75 Å². The number of Topliss-reactive ketones (excluding diaryl/α,β-unsaturated/α-hetero) is 1. The van der Waals surface area contributed by atoms with Crippen molar-refractivity contribution in [3.63, 3.8) is 0 Å². The zero-order valence-electron chi connectivity index (χ0n) is 10.6. The number of hydrogen-bond acceptors (Lipinski definition) is 2. The number of carbonyl (C=O) groups excluding carboxylic acids is 1. The summed E-state index contributed by atoms with van der Waals surface area (Å²) in [6.07, 6.45) is 0. The Morgan fingerprint density at radius 1 is 1.05 bits per heavy atom. The van der Waals surface area contributed by atoms with Gasteiger partial charge in [0, 0.05) is 20.6 Å². The Hall–Kier alpha value is -1.22. The van der Waals surface area contributed by atoms with Crippen LogP contribution in [0.4, 0.5) is 0 Å². The summed E-state index contributed by atoms with van der Waals surface area (Å²) in [7, 11) is 0. The number of ketones is 1. The van der Waals surface area contributed by atoms with E-state index in [0.29, 0.717) is 26.4 Å². The lowest BCUT2D eigenvalue weighted by Gasteiger charge is -2.11. The average Bonchev–Trinajstić information content (AvgIpc) is 2.40. The molecule has 0 bridgehead atoms. The van der Waals surface area contributed by atoms with Crippen molar-refractivity contribution in [1.82, 2.24) is 0 Å². The van der Waals surface area contributed by atoms with Gasteiger partial charge in [-0.15, -0.1) is 0 Å². The van der Waals surface area contributed by atoms with Crippen LogP contribution in [0, 0.1) is 0 Å². The van der Waals surface area contributed by atoms with Gasteiger partial charge < -0.3 is 4.74 Å². The van der Waals surface area contributed by atoms with Crippen molar-refractivity contribution in [2.45, 2.75) is 13.5 Å². The summed E-state index contributed by atoms with van der Waals surface area (Å²) in [6, 6.07) is 10.1. The van der Waals surface area contributed by atoms with E-state index in [1.807, 2.05) is 0 Å². The molecular weight excluding hydrogens is 319 g/mol. The fourth-order valence-electron chi connectivity index (χ4n) is 1.71.